The molecule has 0 aliphatic heterocycles. The predicted molar refractivity (Wildman–Crippen MR) is 70.3 cm³/mol. The summed E-state index contributed by atoms with van der Waals surface area (Å²) >= 11 is 1.63. The van der Waals surface area contributed by atoms with Gasteiger partial charge >= 0.3 is 0 Å². The first-order valence-electron chi connectivity index (χ1n) is 5.08. The highest BCUT2D eigenvalue weighted by molar-refractivity contribution is 7.98. The Morgan fingerprint density at radius 1 is 1.18 bits per heavy atom. The third-order valence-corrected chi connectivity index (χ3v) is 2.93. The van der Waals surface area contributed by atoms with Gasteiger partial charge in [-0.1, -0.05) is 18.2 Å². The third-order valence-electron chi connectivity index (χ3n) is 2.16. The van der Waals surface area contributed by atoms with Crippen LogP contribution in [0, 0.1) is 0 Å². The molecule has 17 heavy (non-hydrogen) atoms. The quantitative estimate of drug-likeness (QED) is 0.494. The van der Waals surface area contributed by atoms with Gasteiger partial charge in [-0.15, -0.1) is 11.8 Å². The summed E-state index contributed by atoms with van der Waals surface area (Å²) in [5, 5.41) is 0. The van der Waals surface area contributed by atoms with Crippen LogP contribution in [0.15, 0.2) is 47.4 Å². The van der Waals surface area contributed by atoms with Crippen molar-refractivity contribution >= 4 is 17.6 Å². The Kier molecular flexibility index (Phi) is 3.85. The minimum atomic E-state index is 0.516. The number of hydrogen-bond donors (Lipinski definition) is 2. The largest absolute Gasteiger partial charge is 0.438 e. The van der Waals surface area contributed by atoms with Crippen LogP contribution in [-0.2, 0) is 0 Å². The number of pyridine rings is 1. The number of aromatic nitrogens is 1. The fourth-order valence-electron chi connectivity index (χ4n) is 1.37. The molecule has 0 saturated heterocycles. The standard InChI is InChI=1S/C12H13N3OS/c1-17-10-6-3-2-5-9(10)16-12-8-4-7-11(14-12)15-13/h2-8H,13H2,1H3,(H,14,15). The van der Waals surface area contributed by atoms with Gasteiger partial charge in [0.2, 0.25) is 5.88 Å². The van der Waals surface area contributed by atoms with E-state index in [4.69, 9.17) is 10.6 Å². The van der Waals surface area contributed by atoms with Crippen molar-refractivity contribution in [3.63, 3.8) is 0 Å². The zero-order chi connectivity index (χ0) is 12.1. The SMILES string of the molecule is CSc1ccccc1Oc1cccc(NN)n1. The molecule has 88 valence electrons. The summed E-state index contributed by atoms with van der Waals surface area (Å²) in [7, 11) is 0. The van der Waals surface area contributed by atoms with E-state index in [9.17, 15) is 0 Å². The molecule has 0 fully saturated rings. The second kappa shape index (κ2) is 5.56. The maximum absolute atomic E-state index is 5.72. The fraction of sp³-hybridized carbons (Fsp3) is 0.0833. The Morgan fingerprint density at radius 3 is 2.76 bits per heavy atom. The van der Waals surface area contributed by atoms with Crippen LogP contribution in [0.25, 0.3) is 0 Å². The van der Waals surface area contributed by atoms with E-state index in [2.05, 4.69) is 10.4 Å². The second-order valence-electron chi connectivity index (χ2n) is 3.26. The number of ether oxygens (including phenoxy) is 1. The highest BCUT2D eigenvalue weighted by atomic mass is 32.2. The molecule has 2 aromatic rings. The first-order valence-corrected chi connectivity index (χ1v) is 6.30. The van der Waals surface area contributed by atoms with Gasteiger partial charge in [0.05, 0.1) is 0 Å². The van der Waals surface area contributed by atoms with Crippen LogP contribution < -0.4 is 16.0 Å². The van der Waals surface area contributed by atoms with Gasteiger partial charge in [0.15, 0.2) is 0 Å². The molecular formula is C12H13N3OS. The van der Waals surface area contributed by atoms with Crippen LogP contribution in [0.3, 0.4) is 0 Å². The number of nitrogens with one attached hydrogen (secondary N) is 1. The third kappa shape index (κ3) is 2.89. The fourth-order valence-corrected chi connectivity index (χ4v) is 1.89. The van der Waals surface area contributed by atoms with Gasteiger partial charge in [0.25, 0.3) is 0 Å². The first kappa shape index (κ1) is 11.8. The summed E-state index contributed by atoms with van der Waals surface area (Å²) in [6, 6.07) is 13.2. The number of para-hydroxylation sites is 1. The van der Waals surface area contributed by atoms with Gasteiger partial charge in [0.1, 0.15) is 11.6 Å². The number of hydrogen-bond acceptors (Lipinski definition) is 5. The maximum Gasteiger partial charge on any atom is 0.221 e. The van der Waals surface area contributed by atoms with Crippen molar-refractivity contribution in [2.75, 3.05) is 11.7 Å². The lowest BCUT2D eigenvalue weighted by Crippen LogP contribution is -2.08. The van der Waals surface area contributed by atoms with Crippen LogP contribution in [0.5, 0.6) is 11.6 Å². The van der Waals surface area contributed by atoms with Crippen molar-refractivity contribution in [1.29, 1.82) is 0 Å². The molecule has 0 saturated carbocycles. The van der Waals surface area contributed by atoms with E-state index in [0.717, 1.165) is 10.6 Å². The number of nitrogens with two attached hydrogens (primary N) is 1. The van der Waals surface area contributed by atoms with Crippen molar-refractivity contribution in [2.45, 2.75) is 4.90 Å². The van der Waals surface area contributed by atoms with Crippen molar-refractivity contribution in [3.05, 3.63) is 42.5 Å². The van der Waals surface area contributed by atoms with Crippen molar-refractivity contribution in [3.8, 4) is 11.6 Å². The van der Waals surface area contributed by atoms with Gasteiger partial charge in [0, 0.05) is 11.0 Å². The highest BCUT2D eigenvalue weighted by Crippen LogP contribution is 2.30. The number of thioether (sulfide) groups is 1. The maximum atomic E-state index is 5.72. The van der Waals surface area contributed by atoms with E-state index in [1.165, 1.54) is 0 Å². The Morgan fingerprint density at radius 2 is 2.00 bits per heavy atom. The molecule has 4 nitrogen and oxygen atoms in total. The van der Waals surface area contributed by atoms with Gasteiger partial charge in [-0.05, 0) is 24.5 Å². The molecule has 5 heteroatoms. The summed E-state index contributed by atoms with van der Waals surface area (Å²) in [5.41, 5.74) is 2.49. The zero-order valence-electron chi connectivity index (χ0n) is 9.38. The van der Waals surface area contributed by atoms with Crippen molar-refractivity contribution in [1.82, 2.24) is 4.98 Å². The number of nitrogen functional groups attached to an aromatic ring is 1. The monoisotopic (exact) mass is 247 g/mol. The number of rotatable bonds is 4. The summed E-state index contributed by atoms with van der Waals surface area (Å²) < 4.78 is 5.72. The van der Waals surface area contributed by atoms with E-state index < -0.39 is 0 Å². The zero-order valence-corrected chi connectivity index (χ0v) is 10.2. The Bertz CT molecular complexity index is 505. The van der Waals surface area contributed by atoms with E-state index in [0.29, 0.717) is 11.7 Å². The molecule has 0 radical (unpaired) electrons. The van der Waals surface area contributed by atoms with E-state index >= 15 is 0 Å². The second-order valence-corrected chi connectivity index (χ2v) is 4.11. The number of hydrazine groups is 1. The average molecular weight is 247 g/mol. The molecule has 0 spiro atoms. The molecule has 1 heterocycles. The van der Waals surface area contributed by atoms with E-state index in [1.54, 1.807) is 23.9 Å². The molecule has 1 aromatic carbocycles. The van der Waals surface area contributed by atoms with Gasteiger partial charge < -0.3 is 10.2 Å². The lowest BCUT2D eigenvalue weighted by molar-refractivity contribution is 0.453. The minimum Gasteiger partial charge on any atom is -0.438 e. The van der Waals surface area contributed by atoms with Crippen LogP contribution in [-0.4, -0.2) is 11.2 Å². The lowest BCUT2D eigenvalue weighted by atomic mass is 10.3. The smallest absolute Gasteiger partial charge is 0.221 e. The number of nitrogens with zero attached hydrogens (tertiary/aromatic N) is 1. The molecule has 0 aliphatic carbocycles. The van der Waals surface area contributed by atoms with Crippen LogP contribution in [0.2, 0.25) is 0 Å². The molecule has 0 amide bonds. The Balaban J connectivity index is 2.24. The topological polar surface area (TPSA) is 60.2 Å². The number of benzene rings is 1. The Labute approximate surface area is 104 Å². The summed E-state index contributed by atoms with van der Waals surface area (Å²) in [5.74, 6) is 7.18. The minimum absolute atomic E-state index is 0.516. The molecule has 3 N–H and O–H groups in total. The van der Waals surface area contributed by atoms with Gasteiger partial charge in [-0.25, -0.2) is 5.84 Å². The molecule has 1 aromatic heterocycles. The first-order chi connectivity index (χ1) is 8.33. The molecular weight excluding hydrogens is 234 g/mol. The predicted octanol–water partition coefficient (Wildman–Crippen LogP) is 2.88. The molecule has 0 atom stereocenters. The van der Waals surface area contributed by atoms with Crippen LogP contribution >= 0.6 is 11.8 Å². The normalized spacial score (nSPS) is 10.0. The van der Waals surface area contributed by atoms with E-state index in [-0.39, 0.29) is 0 Å². The summed E-state index contributed by atoms with van der Waals surface area (Å²) in [4.78, 5) is 5.26. The number of anilines is 1. The van der Waals surface area contributed by atoms with Crippen molar-refractivity contribution < 1.29 is 4.74 Å². The Hall–Kier alpha value is -1.72. The van der Waals surface area contributed by atoms with Crippen LogP contribution in [0.4, 0.5) is 5.82 Å². The molecule has 0 unspecified atom stereocenters. The van der Waals surface area contributed by atoms with Crippen LogP contribution in [0.1, 0.15) is 0 Å². The summed E-state index contributed by atoms with van der Waals surface area (Å²) in [6.45, 7) is 0. The molecule has 0 bridgehead atoms. The molecule has 2 rings (SSSR count). The van der Waals surface area contributed by atoms with E-state index in [1.807, 2.05) is 36.6 Å². The summed E-state index contributed by atoms with van der Waals surface area (Å²) in [6.07, 6.45) is 2.01. The van der Waals surface area contributed by atoms with Gasteiger partial charge in [-0.3, -0.25) is 0 Å². The average Bonchev–Trinajstić information content (AvgIpc) is 2.39. The van der Waals surface area contributed by atoms with Gasteiger partial charge in [-0.2, -0.15) is 4.98 Å². The highest BCUT2D eigenvalue weighted by Gasteiger charge is 2.04. The lowest BCUT2D eigenvalue weighted by Gasteiger charge is -2.09. The molecule has 0 aliphatic rings. The van der Waals surface area contributed by atoms with Crippen molar-refractivity contribution in [2.24, 2.45) is 5.84 Å².